The Morgan fingerprint density at radius 2 is 1.80 bits per heavy atom. The average molecular weight is 270 g/mol. The molecule has 0 saturated carbocycles. The van der Waals surface area contributed by atoms with Crippen molar-refractivity contribution in [1.82, 2.24) is 0 Å². The molecule has 0 amide bonds. The molecule has 0 bridgehead atoms. The molecule has 0 heterocycles. The van der Waals surface area contributed by atoms with Crippen molar-refractivity contribution >= 4 is 11.9 Å². The maximum atomic E-state index is 12.0. The highest BCUT2D eigenvalue weighted by Crippen LogP contribution is 2.33. The summed E-state index contributed by atoms with van der Waals surface area (Å²) in [6.45, 7) is 0. The van der Waals surface area contributed by atoms with Crippen LogP contribution in [0.25, 0.3) is 6.08 Å². The molecule has 0 unspecified atom stereocenters. The Hall–Kier alpha value is -2.75. The third-order valence-corrected chi connectivity index (χ3v) is 2.79. The zero-order chi connectivity index (χ0) is 14.5. The van der Waals surface area contributed by atoms with Crippen LogP contribution >= 0.6 is 0 Å². The van der Waals surface area contributed by atoms with Crippen LogP contribution in [0.1, 0.15) is 15.9 Å². The highest BCUT2D eigenvalue weighted by atomic mass is 16.5. The van der Waals surface area contributed by atoms with E-state index in [0.717, 1.165) is 11.6 Å². The van der Waals surface area contributed by atoms with Gasteiger partial charge in [-0.1, -0.05) is 36.4 Å². The first-order chi connectivity index (χ1) is 9.61. The van der Waals surface area contributed by atoms with Crippen molar-refractivity contribution in [1.29, 1.82) is 0 Å². The van der Waals surface area contributed by atoms with E-state index in [1.807, 2.05) is 30.3 Å². The lowest BCUT2D eigenvalue weighted by atomic mass is 10.1. The molecule has 0 aliphatic heterocycles. The molecule has 102 valence electrons. The molecule has 2 N–H and O–H groups in total. The molecular formula is C16H14O4. The van der Waals surface area contributed by atoms with Crippen molar-refractivity contribution in [2.24, 2.45) is 0 Å². The lowest BCUT2D eigenvalue weighted by molar-refractivity contribution is 0.104. The smallest absolute Gasteiger partial charge is 0.189 e. The average Bonchev–Trinajstić information content (AvgIpc) is 2.46. The van der Waals surface area contributed by atoms with Crippen molar-refractivity contribution in [2.75, 3.05) is 7.11 Å². The molecule has 20 heavy (non-hydrogen) atoms. The summed E-state index contributed by atoms with van der Waals surface area (Å²) in [6.07, 6.45) is 3.02. The van der Waals surface area contributed by atoms with Gasteiger partial charge < -0.3 is 14.9 Å². The van der Waals surface area contributed by atoms with Gasteiger partial charge in [0.1, 0.15) is 5.75 Å². The van der Waals surface area contributed by atoms with E-state index in [9.17, 15) is 15.0 Å². The Kier molecular flexibility index (Phi) is 4.05. The number of rotatable bonds is 4. The fourth-order valence-electron chi connectivity index (χ4n) is 1.74. The van der Waals surface area contributed by atoms with Crippen LogP contribution in [-0.2, 0) is 0 Å². The van der Waals surface area contributed by atoms with Crippen LogP contribution in [0.2, 0.25) is 0 Å². The Morgan fingerprint density at radius 3 is 2.45 bits per heavy atom. The van der Waals surface area contributed by atoms with Crippen molar-refractivity contribution in [3.63, 3.8) is 0 Å². The summed E-state index contributed by atoms with van der Waals surface area (Å²) in [6, 6.07) is 11.7. The van der Waals surface area contributed by atoms with Gasteiger partial charge in [0.25, 0.3) is 0 Å². The summed E-state index contributed by atoms with van der Waals surface area (Å²) >= 11 is 0. The summed E-state index contributed by atoms with van der Waals surface area (Å²) in [7, 11) is 1.38. The molecule has 0 spiro atoms. The number of methoxy groups -OCH3 is 1. The fraction of sp³-hybridized carbons (Fsp3) is 0.0625. The number of aromatic hydroxyl groups is 2. The van der Waals surface area contributed by atoms with E-state index >= 15 is 0 Å². The first-order valence-electron chi connectivity index (χ1n) is 5.99. The van der Waals surface area contributed by atoms with Gasteiger partial charge in [-0.2, -0.15) is 0 Å². The largest absolute Gasteiger partial charge is 0.507 e. The Balaban J connectivity index is 2.28. The number of ether oxygens (including phenoxy) is 1. The van der Waals surface area contributed by atoms with Gasteiger partial charge in [-0.15, -0.1) is 0 Å². The van der Waals surface area contributed by atoms with Gasteiger partial charge in [0.05, 0.1) is 12.7 Å². The maximum absolute atomic E-state index is 12.0. The molecule has 2 rings (SSSR count). The van der Waals surface area contributed by atoms with Crippen molar-refractivity contribution in [3.05, 3.63) is 59.7 Å². The number of phenolic OH excluding ortho intramolecular Hbond substituents is 2. The van der Waals surface area contributed by atoms with Crippen molar-refractivity contribution in [3.8, 4) is 17.2 Å². The normalized spacial score (nSPS) is 10.7. The molecule has 2 aromatic rings. The van der Waals surface area contributed by atoms with Crippen LogP contribution in [0, 0.1) is 0 Å². The lowest BCUT2D eigenvalue weighted by Gasteiger charge is -2.06. The fourth-order valence-corrected chi connectivity index (χ4v) is 1.74. The highest BCUT2D eigenvalue weighted by Gasteiger charge is 2.13. The van der Waals surface area contributed by atoms with E-state index in [0.29, 0.717) is 0 Å². The zero-order valence-corrected chi connectivity index (χ0v) is 10.9. The molecule has 0 saturated heterocycles. The van der Waals surface area contributed by atoms with Crippen LogP contribution in [-0.4, -0.2) is 23.1 Å². The first kappa shape index (κ1) is 13.7. The van der Waals surface area contributed by atoms with Gasteiger partial charge in [-0.3, -0.25) is 4.79 Å². The number of benzene rings is 2. The molecule has 0 aliphatic carbocycles. The Labute approximate surface area is 116 Å². The Bertz CT molecular complexity index is 645. The van der Waals surface area contributed by atoms with E-state index in [2.05, 4.69) is 0 Å². The van der Waals surface area contributed by atoms with Crippen LogP contribution in [0.4, 0.5) is 0 Å². The maximum Gasteiger partial charge on any atom is 0.189 e. The molecule has 0 atom stereocenters. The molecule has 4 heteroatoms. The number of carbonyl (C=O) groups excluding carboxylic acids is 1. The quantitative estimate of drug-likeness (QED) is 0.662. The van der Waals surface area contributed by atoms with Crippen LogP contribution in [0.5, 0.6) is 17.2 Å². The van der Waals surface area contributed by atoms with Gasteiger partial charge in [-0.25, -0.2) is 0 Å². The summed E-state index contributed by atoms with van der Waals surface area (Å²) < 4.78 is 4.92. The monoisotopic (exact) mass is 270 g/mol. The standard InChI is InChI=1S/C16H14O4/c1-20-16-9-12(14(18)10-15(16)19)13(17)8-7-11-5-3-2-4-6-11/h2-10,18-19H,1H3/b8-7+. The topological polar surface area (TPSA) is 66.8 Å². The van der Waals surface area contributed by atoms with E-state index in [1.165, 1.54) is 19.3 Å². The number of ketones is 1. The van der Waals surface area contributed by atoms with Gasteiger partial charge in [0, 0.05) is 6.07 Å². The molecule has 0 aliphatic rings. The third kappa shape index (κ3) is 2.98. The SMILES string of the molecule is COc1cc(C(=O)/C=C/c2ccccc2)c(O)cc1O. The van der Waals surface area contributed by atoms with E-state index in [-0.39, 0.29) is 28.6 Å². The highest BCUT2D eigenvalue weighted by molar-refractivity contribution is 6.09. The number of carbonyl (C=O) groups is 1. The number of hydrogen-bond donors (Lipinski definition) is 2. The third-order valence-electron chi connectivity index (χ3n) is 2.79. The minimum Gasteiger partial charge on any atom is -0.507 e. The van der Waals surface area contributed by atoms with Crippen LogP contribution < -0.4 is 4.74 Å². The molecular weight excluding hydrogens is 256 g/mol. The molecule has 2 aromatic carbocycles. The van der Waals surface area contributed by atoms with E-state index in [4.69, 9.17) is 4.74 Å². The second kappa shape index (κ2) is 5.93. The first-order valence-corrected chi connectivity index (χ1v) is 5.99. The number of hydrogen-bond acceptors (Lipinski definition) is 4. The minimum absolute atomic E-state index is 0.0758. The minimum atomic E-state index is -0.371. The van der Waals surface area contributed by atoms with Gasteiger partial charge in [0.15, 0.2) is 17.3 Å². The van der Waals surface area contributed by atoms with Gasteiger partial charge >= 0.3 is 0 Å². The summed E-state index contributed by atoms with van der Waals surface area (Å²) in [5.74, 6) is -0.733. The molecule has 0 fully saturated rings. The van der Waals surface area contributed by atoms with Gasteiger partial charge in [-0.05, 0) is 17.7 Å². The predicted octanol–water partition coefficient (Wildman–Crippen LogP) is 3.00. The van der Waals surface area contributed by atoms with E-state index in [1.54, 1.807) is 6.08 Å². The zero-order valence-electron chi connectivity index (χ0n) is 10.9. The number of allylic oxidation sites excluding steroid dienone is 1. The summed E-state index contributed by atoms with van der Waals surface area (Å²) in [5.41, 5.74) is 0.956. The molecule has 0 aromatic heterocycles. The molecule has 4 nitrogen and oxygen atoms in total. The second-order valence-corrected chi connectivity index (χ2v) is 4.15. The van der Waals surface area contributed by atoms with Crippen molar-refractivity contribution < 1.29 is 19.7 Å². The van der Waals surface area contributed by atoms with E-state index < -0.39 is 0 Å². The van der Waals surface area contributed by atoms with Crippen molar-refractivity contribution in [2.45, 2.75) is 0 Å². The second-order valence-electron chi connectivity index (χ2n) is 4.15. The van der Waals surface area contributed by atoms with Gasteiger partial charge in [0.2, 0.25) is 0 Å². The lowest BCUT2D eigenvalue weighted by Crippen LogP contribution is -1.96. The number of phenols is 2. The Morgan fingerprint density at radius 1 is 1.10 bits per heavy atom. The summed E-state index contributed by atoms with van der Waals surface area (Å²) in [4.78, 5) is 12.0. The molecule has 0 radical (unpaired) electrons. The summed E-state index contributed by atoms with van der Waals surface area (Å²) in [5, 5.41) is 19.2. The van der Waals surface area contributed by atoms with Crippen LogP contribution in [0.3, 0.4) is 0 Å². The van der Waals surface area contributed by atoms with Crippen LogP contribution in [0.15, 0.2) is 48.5 Å². The predicted molar refractivity (Wildman–Crippen MR) is 76.1 cm³/mol.